The van der Waals surface area contributed by atoms with Gasteiger partial charge in [0.25, 0.3) is 0 Å². The molecule has 0 heterocycles. The summed E-state index contributed by atoms with van der Waals surface area (Å²) in [6.07, 6.45) is 36.5. The molecule has 194 valence electrons. The molecule has 2 N–H and O–H groups in total. The van der Waals surface area contributed by atoms with E-state index in [1.807, 2.05) is 0 Å². The van der Waals surface area contributed by atoms with Gasteiger partial charge in [-0.25, -0.2) is 0 Å². The summed E-state index contributed by atoms with van der Waals surface area (Å²) in [7, 11) is 0. The van der Waals surface area contributed by atoms with Crippen LogP contribution in [0, 0.1) is 0 Å². The molecular formula is C30H63NO. The van der Waals surface area contributed by atoms with Gasteiger partial charge in [-0.3, -0.25) is 0 Å². The Balaban J connectivity index is 2.98. The fourth-order valence-corrected chi connectivity index (χ4v) is 4.70. The topological polar surface area (TPSA) is 32.3 Å². The second kappa shape index (κ2) is 30.9. The Morgan fingerprint density at radius 2 is 0.594 bits per heavy atom. The van der Waals surface area contributed by atoms with Crippen molar-refractivity contribution in [2.75, 3.05) is 19.7 Å². The zero-order chi connectivity index (χ0) is 23.2. The average Bonchev–Trinajstić information content (AvgIpc) is 2.81. The smallest absolute Gasteiger partial charge is 0.0431 e. The third-order valence-corrected chi connectivity index (χ3v) is 6.97. The third-order valence-electron chi connectivity index (χ3n) is 6.97. The maximum Gasteiger partial charge on any atom is 0.0431 e. The molecule has 0 amide bonds. The van der Waals surface area contributed by atoms with E-state index < -0.39 is 0 Å². The molecule has 0 aliphatic rings. The van der Waals surface area contributed by atoms with E-state index in [9.17, 15) is 0 Å². The molecule has 0 radical (unpaired) electrons. The molecule has 0 aromatic heterocycles. The van der Waals surface area contributed by atoms with E-state index in [0.29, 0.717) is 6.61 Å². The molecule has 0 rings (SSSR count). The molecular weight excluding hydrogens is 390 g/mol. The highest BCUT2D eigenvalue weighted by molar-refractivity contribution is 4.53. The molecule has 2 heteroatoms. The minimum absolute atomic E-state index is 0.372. The molecule has 32 heavy (non-hydrogen) atoms. The second-order valence-corrected chi connectivity index (χ2v) is 10.3. The number of aliphatic hydroxyl groups excluding tert-OH is 1. The molecule has 0 aromatic carbocycles. The van der Waals surface area contributed by atoms with E-state index >= 15 is 0 Å². The van der Waals surface area contributed by atoms with E-state index in [4.69, 9.17) is 5.11 Å². The summed E-state index contributed by atoms with van der Waals surface area (Å²) in [5, 5.41) is 12.4. The lowest BCUT2D eigenvalue weighted by Crippen LogP contribution is -2.16. The molecule has 0 spiro atoms. The van der Waals surface area contributed by atoms with Crippen molar-refractivity contribution in [2.24, 2.45) is 0 Å². The Kier molecular flexibility index (Phi) is 30.8. The van der Waals surface area contributed by atoms with Crippen molar-refractivity contribution in [2.45, 2.75) is 174 Å². The summed E-state index contributed by atoms with van der Waals surface area (Å²) in [5.41, 5.74) is 0. The van der Waals surface area contributed by atoms with Gasteiger partial charge in [0.2, 0.25) is 0 Å². The van der Waals surface area contributed by atoms with Gasteiger partial charge in [0.1, 0.15) is 0 Å². The summed E-state index contributed by atoms with van der Waals surface area (Å²) in [5.74, 6) is 0. The number of nitrogens with one attached hydrogen (secondary N) is 1. The molecule has 0 unspecified atom stereocenters. The van der Waals surface area contributed by atoms with Gasteiger partial charge in [0.05, 0.1) is 0 Å². The van der Waals surface area contributed by atoms with Gasteiger partial charge in [-0.05, 0) is 32.4 Å². The van der Waals surface area contributed by atoms with E-state index in [1.165, 1.54) is 174 Å². The van der Waals surface area contributed by atoms with Crippen LogP contribution in [-0.2, 0) is 0 Å². The van der Waals surface area contributed by atoms with Gasteiger partial charge in [0, 0.05) is 6.61 Å². The van der Waals surface area contributed by atoms with E-state index in [0.717, 1.165) is 6.42 Å². The minimum Gasteiger partial charge on any atom is -0.396 e. The normalized spacial score (nSPS) is 11.4. The highest BCUT2D eigenvalue weighted by Crippen LogP contribution is 2.14. The van der Waals surface area contributed by atoms with Crippen LogP contribution in [0.15, 0.2) is 0 Å². The number of unbranched alkanes of at least 4 members (excludes halogenated alkanes) is 24. The lowest BCUT2D eigenvalue weighted by molar-refractivity contribution is 0.282. The number of hydrogen-bond acceptors (Lipinski definition) is 2. The summed E-state index contributed by atoms with van der Waals surface area (Å²) in [6.45, 7) is 5.14. The van der Waals surface area contributed by atoms with Gasteiger partial charge < -0.3 is 10.4 Å². The lowest BCUT2D eigenvalue weighted by Gasteiger charge is -2.06. The van der Waals surface area contributed by atoms with E-state index in [2.05, 4.69) is 12.2 Å². The van der Waals surface area contributed by atoms with Gasteiger partial charge >= 0.3 is 0 Å². The molecule has 0 aliphatic carbocycles. The fourth-order valence-electron chi connectivity index (χ4n) is 4.70. The van der Waals surface area contributed by atoms with E-state index in [-0.39, 0.29) is 0 Å². The van der Waals surface area contributed by atoms with Gasteiger partial charge in [-0.1, -0.05) is 155 Å². The Labute approximate surface area is 204 Å². The fraction of sp³-hybridized carbons (Fsp3) is 1.00. The van der Waals surface area contributed by atoms with Crippen molar-refractivity contribution in [3.8, 4) is 0 Å². The largest absolute Gasteiger partial charge is 0.396 e. The first-order chi connectivity index (χ1) is 15.9. The predicted octanol–water partition coefficient (Wildman–Crippen LogP) is 9.73. The van der Waals surface area contributed by atoms with Crippen LogP contribution < -0.4 is 5.32 Å². The first-order valence-electron chi connectivity index (χ1n) is 15.2. The molecule has 0 saturated heterocycles. The van der Waals surface area contributed by atoms with E-state index in [1.54, 1.807) is 0 Å². The summed E-state index contributed by atoms with van der Waals surface area (Å²) >= 11 is 0. The highest BCUT2D eigenvalue weighted by atomic mass is 16.2. The molecule has 0 aliphatic heterocycles. The van der Waals surface area contributed by atoms with Crippen molar-refractivity contribution in [3.63, 3.8) is 0 Å². The standard InChI is InChI=1S/C30H63NO/c1-2-3-4-5-6-19-22-25-28-31-29-26-23-20-17-15-13-11-9-7-8-10-12-14-16-18-21-24-27-30-32/h31-32H,2-30H2,1H3. The zero-order valence-electron chi connectivity index (χ0n) is 22.5. The van der Waals surface area contributed by atoms with Crippen LogP contribution in [0.2, 0.25) is 0 Å². The highest BCUT2D eigenvalue weighted by Gasteiger charge is 1.96. The molecule has 0 fully saturated rings. The van der Waals surface area contributed by atoms with Crippen LogP contribution in [0.25, 0.3) is 0 Å². The summed E-state index contributed by atoms with van der Waals surface area (Å²) in [6, 6.07) is 0. The maximum atomic E-state index is 8.76. The van der Waals surface area contributed by atoms with Crippen molar-refractivity contribution in [1.29, 1.82) is 0 Å². The third kappa shape index (κ3) is 29.9. The Hall–Kier alpha value is -0.0800. The quantitative estimate of drug-likeness (QED) is 0.110. The first-order valence-corrected chi connectivity index (χ1v) is 15.2. The summed E-state index contributed by atoms with van der Waals surface area (Å²) < 4.78 is 0. The van der Waals surface area contributed by atoms with Crippen LogP contribution >= 0.6 is 0 Å². The van der Waals surface area contributed by atoms with Gasteiger partial charge in [-0.15, -0.1) is 0 Å². The van der Waals surface area contributed by atoms with Gasteiger partial charge in [0.15, 0.2) is 0 Å². The average molecular weight is 454 g/mol. The van der Waals surface area contributed by atoms with Gasteiger partial charge in [-0.2, -0.15) is 0 Å². The van der Waals surface area contributed by atoms with Crippen LogP contribution in [0.3, 0.4) is 0 Å². The molecule has 0 atom stereocenters. The van der Waals surface area contributed by atoms with Crippen LogP contribution in [-0.4, -0.2) is 24.8 Å². The Morgan fingerprint density at radius 3 is 0.875 bits per heavy atom. The number of hydrogen-bond donors (Lipinski definition) is 2. The number of rotatable bonds is 29. The molecule has 2 nitrogen and oxygen atoms in total. The Bertz CT molecular complexity index is 277. The molecule has 0 aromatic rings. The lowest BCUT2D eigenvalue weighted by atomic mass is 10.0. The van der Waals surface area contributed by atoms with Crippen molar-refractivity contribution in [1.82, 2.24) is 5.32 Å². The predicted molar refractivity (Wildman–Crippen MR) is 146 cm³/mol. The SMILES string of the molecule is CCCCCCCCCCNCCCCCCCCCCCCCCCCCCCCO. The van der Waals surface area contributed by atoms with Crippen molar-refractivity contribution in [3.05, 3.63) is 0 Å². The number of aliphatic hydroxyl groups is 1. The maximum absolute atomic E-state index is 8.76. The van der Waals surface area contributed by atoms with Crippen molar-refractivity contribution < 1.29 is 5.11 Å². The van der Waals surface area contributed by atoms with Crippen molar-refractivity contribution >= 4 is 0 Å². The molecule has 0 bridgehead atoms. The van der Waals surface area contributed by atoms with Crippen LogP contribution in [0.5, 0.6) is 0 Å². The zero-order valence-corrected chi connectivity index (χ0v) is 22.5. The monoisotopic (exact) mass is 453 g/mol. The molecule has 0 saturated carbocycles. The Morgan fingerprint density at radius 1 is 0.344 bits per heavy atom. The first kappa shape index (κ1) is 31.9. The second-order valence-electron chi connectivity index (χ2n) is 10.3. The van der Waals surface area contributed by atoms with Crippen LogP contribution in [0.1, 0.15) is 174 Å². The summed E-state index contributed by atoms with van der Waals surface area (Å²) in [4.78, 5) is 0. The van der Waals surface area contributed by atoms with Crippen LogP contribution in [0.4, 0.5) is 0 Å². The minimum atomic E-state index is 0.372.